The summed E-state index contributed by atoms with van der Waals surface area (Å²) in [6.45, 7) is 14.3. The van der Waals surface area contributed by atoms with Crippen molar-refractivity contribution < 1.29 is 4.52 Å². The van der Waals surface area contributed by atoms with Gasteiger partial charge in [-0.1, -0.05) is 5.16 Å². The van der Waals surface area contributed by atoms with Crippen molar-refractivity contribution in [3.05, 3.63) is 17.0 Å². The van der Waals surface area contributed by atoms with E-state index >= 15 is 0 Å². The molecule has 0 bridgehead atoms. The summed E-state index contributed by atoms with van der Waals surface area (Å²) in [5.74, 6) is 1.74. The zero-order valence-corrected chi connectivity index (χ0v) is 15.1. The third-order valence-electron chi connectivity index (χ3n) is 4.52. The van der Waals surface area contributed by atoms with E-state index in [1.54, 1.807) is 0 Å². The van der Waals surface area contributed by atoms with E-state index in [4.69, 9.17) is 9.52 Å². The molecule has 0 aromatic carbocycles. The fourth-order valence-corrected chi connectivity index (χ4v) is 2.96. The van der Waals surface area contributed by atoms with Crippen LogP contribution < -0.4 is 10.6 Å². The first-order chi connectivity index (χ1) is 11.0. The monoisotopic (exact) mass is 321 g/mol. The number of likely N-dealkylation sites (tertiary alicyclic amines) is 1. The van der Waals surface area contributed by atoms with Gasteiger partial charge in [-0.25, -0.2) is 4.99 Å². The summed E-state index contributed by atoms with van der Waals surface area (Å²) in [6.07, 6.45) is 2.32. The van der Waals surface area contributed by atoms with Crippen molar-refractivity contribution in [2.24, 2.45) is 4.99 Å². The number of hydrogen-bond donors (Lipinski definition) is 2. The molecule has 0 aliphatic carbocycles. The maximum atomic E-state index is 5.21. The first-order valence-electron chi connectivity index (χ1n) is 8.71. The van der Waals surface area contributed by atoms with Gasteiger partial charge in [0.05, 0.1) is 12.2 Å². The topological polar surface area (TPSA) is 65.7 Å². The number of aromatic nitrogens is 1. The van der Waals surface area contributed by atoms with Gasteiger partial charge in [0, 0.05) is 37.3 Å². The van der Waals surface area contributed by atoms with Crippen LogP contribution in [0.3, 0.4) is 0 Å². The van der Waals surface area contributed by atoms with Crippen LogP contribution in [0.4, 0.5) is 0 Å². The molecule has 130 valence electrons. The molecule has 2 N–H and O–H groups in total. The highest BCUT2D eigenvalue weighted by Gasteiger charge is 2.21. The molecule has 0 spiro atoms. The number of hydrogen-bond acceptors (Lipinski definition) is 4. The Balaban J connectivity index is 1.92. The summed E-state index contributed by atoms with van der Waals surface area (Å²) >= 11 is 0. The zero-order chi connectivity index (χ0) is 16.8. The van der Waals surface area contributed by atoms with Crippen molar-refractivity contribution >= 4 is 5.96 Å². The van der Waals surface area contributed by atoms with Crippen molar-refractivity contribution in [1.82, 2.24) is 20.7 Å². The van der Waals surface area contributed by atoms with E-state index in [0.717, 1.165) is 55.5 Å². The third-order valence-corrected chi connectivity index (χ3v) is 4.52. The van der Waals surface area contributed by atoms with Gasteiger partial charge in [0.1, 0.15) is 5.76 Å². The van der Waals surface area contributed by atoms with Crippen LogP contribution in [-0.2, 0) is 6.54 Å². The number of nitrogens with zero attached hydrogens (tertiary/aromatic N) is 3. The minimum atomic E-state index is 0.493. The molecule has 1 aliphatic heterocycles. The lowest BCUT2D eigenvalue weighted by atomic mass is 10.0. The summed E-state index contributed by atoms with van der Waals surface area (Å²) in [4.78, 5) is 7.24. The van der Waals surface area contributed by atoms with Gasteiger partial charge in [-0.2, -0.15) is 0 Å². The van der Waals surface area contributed by atoms with E-state index < -0.39 is 0 Å². The summed E-state index contributed by atoms with van der Waals surface area (Å²) in [6, 6.07) is 1.13. The summed E-state index contributed by atoms with van der Waals surface area (Å²) in [7, 11) is 0. The van der Waals surface area contributed by atoms with Gasteiger partial charge in [-0.3, -0.25) is 0 Å². The molecule has 6 nitrogen and oxygen atoms in total. The lowest BCUT2D eigenvalue weighted by molar-refractivity contribution is 0.167. The van der Waals surface area contributed by atoms with E-state index in [1.807, 2.05) is 13.8 Å². The van der Waals surface area contributed by atoms with Crippen molar-refractivity contribution in [1.29, 1.82) is 0 Å². The van der Waals surface area contributed by atoms with Crippen LogP contribution in [0.25, 0.3) is 0 Å². The van der Waals surface area contributed by atoms with Gasteiger partial charge >= 0.3 is 0 Å². The van der Waals surface area contributed by atoms with Gasteiger partial charge in [-0.15, -0.1) is 0 Å². The molecule has 1 saturated heterocycles. The highest BCUT2D eigenvalue weighted by molar-refractivity contribution is 5.80. The van der Waals surface area contributed by atoms with Crippen molar-refractivity contribution in [2.45, 2.75) is 66.1 Å². The molecule has 0 saturated carbocycles. The lowest BCUT2D eigenvalue weighted by Crippen LogP contribution is -2.49. The molecule has 1 aromatic rings. The molecule has 0 radical (unpaired) electrons. The van der Waals surface area contributed by atoms with Gasteiger partial charge in [-0.05, 0) is 47.5 Å². The summed E-state index contributed by atoms with van der Waals surface area (Å²) in [5.41, 5.74) is 2.00. The quantitative estimate of drug-likeness (QED) is 0.643. The molecule has 0 amide bonds. The Kier molecular flexibility index (Phi) is 6.45. The van der Waals surface area contributed by atoms with Crippen LogP contribution in [-0.4, -0.2) is 47.7 Å². The number of aliphatic imine (C=N–C) groups is 1. The minimum Gasteiger partial charge on any atom is -0.361 e. The number of guanidine groups is 1. The average molecular weight is 321 g/mol. The fourth-order valence-electron chi connectivity index (χ4n) is 2.96. The molecule has 0 atom stereocenters. The number of piperidine rings is 1. The standard InChI is InChI=1S/C17H31N5O/c1-6-18-17(19-11-16-13(4)21-23-14(16)5)20-15-7-9-22(10-8-15)12(2)3/h12,15H,6-11H2,1-5H3,(H2,18,19,20). The SMILES string of the molecule is CCNC(=NCc1c(C)noc1C)NC1CCN(C(C)C)CC1. The average Bonchev–Trinajstić information content (AvgIpc) is 2.84. The maximum Gasteiger partial charge on any atom is 0.191 e. The first-order valence-corrected chi connectivity index (χ1v) is 8.71. The van der Waals surface area contributed by atoms with Gasteiger partial charge in [0.15, 0.2) is 5.96 Å². The third kappa shape index (κ3) is 4.96. The minimum absolute atomic E-state index is 0.493. The largest absolute Gasteiger partial charge is 0.361 e. The second kappa shape index (κ2) is 8.34. The van der Waals surface area contributed by atoms with Crippen LogP contribution in [0.2, 0.25) is 0 Å². The smallest absolute Gasteiger partial charge is 0.191 e. The molecule has 1 aromatic heterocycles. The second-order valence-electron chi connectivity index (χ2n) is 6.55. The molecule has 1 fully saturated rings. The first kappa shape index (κ1) is 17.8. The molecule has 23 heavy (non-hydrogen) atoms. The predicted molar refractivity (Wildman–Crippen MR) is 93.7 cm³/mol. The number of aryl methyl sites for hydroxylation is 2. The second-order valence-corrected chi connectivity index (χ2v) is 6.55. The molecular formula is C17H31N5O. The molecule has 0 unspecified atom stereocenters. The van der Waals surface area contributed by atoms with Crippen LogP contribution in [0, 0.1) is 13.8 Å². The molecule has 2 rings (SSSR count). The van der Waals surface area contributed by atoms with Crippen LogP contribution in [0.5, 0.6) is 0 Å². The Morgan fingerprint density at radius 1 is 1.35 bits per heavy atom. The van der Waals surface area contributed by atoms with E-state index in [9.17, 15) is 0 Å². The normalized spacial score (nSPS) is 17.7. The van der Waals surface area contributed by atoms with E-state index in [1.165, 1.54) is 0 Å². The van der Waals surface area contributed by atoms with Crippen molar-refractivity contribution in [3.63, 3.8) is 0 Å². The van der Waals surface area contributed by atoms with Crippen LogP contribution in [0.15, 0.2) is 9.52 Å². The summed E-state index contributed by atoms with van der Waals surface area (Å²) < 4.78 is 5.21. The van der Waals surface area contributed by atoms with Crippen LogP contribution in [0.1, 0.15) is 50.6 Å². The Hall–Kier alpha value is -1.56. The highest BCUT2D eigenvalue weighted by atomic mass is 16.5. The molecule has 6 heteroatoms. The summed E-state index contributed by atoms with van der Waals surface area (Å²) in [5, 5.41) is 10.9. The van der Waals surface area contributed by atoms with Crippen molar-refractivity contribution in [2.75, 3.05) is 19.6 Å². The van der Waals surface area contributed by atoms with Crippen molar-refractivity contribution in [3.8, 4) is 0 Å². The van der Waals surface area contributed by atoms with E-state index in [0.29, 0.717) is 18.6 Å². The van der Waals surface area contributed by atoms with E-state index in [2.05, 4.69) is 41.5 Å². The van der Waals surface area contributed by atoms with Gasteiger partial charge < -0.3 is 20.1 Å². The fraction of sp³-hybridized carbons (Fsp3) is 0.765. The van der Waals surface area contributed by atoms with Gasteiger partial charge in [0.25, 0.3) is 0 Å². The maximum absolute atomic E-state index is 5.21. The molecule has 2 heterocycles. The van der Waals surface area contributed by atoms with Crippen LogP contribution >= 0.6 is 0 Å². The Morgan fingerprint density at radius 3 is 2.57 bits per heavy atom. The van der Waals surface area contributed by atoms with E-state index in [-0.39, 0.29) is 0 Å². The Morgan fingerprint density at radius 2 is 2.04 bits per heavy atom. The number of nitrogens with one attached hydrogen (secondary N) is 2. The highest BCUT2D eigenvalue weighted by Crippen LogP contribution is 2.14. The molecule has 1 aliphatic rings. The molecular weight excluding hydrogens is 290 g/mol. The zero-order valence-electron chi connectivity index (χ0n) is 15.1. The predicted octanol–water partition coefficient (Wildman–Crippen LogP) is 2.22. The Labute approximate surface area is 139 Å². The Bertz CT molecular complexity index is 496. The number of rotatable bonds is 5. The van der Waals surface area contributed by atoms with Gasteiger partial charge in [0.2, 0.25) is 0 Å². The lowest BCUT2D eigenvalue weighted by Gasteiger charge is -2.35.